The molecule has 0 radical (unpaired) electrons. The topological polar surface area (TPSA) is 75.9 Å². The number of hydrogen-bond acceptors (Lipinski definition) is 5. The summed E-state index contributed by atoms with van der Waals surface area (Å²) in [5.74, 6) is -0.207. The smallest absolute Gasteiger partial charge is 0.293 e. The summed E-state index contributed by atoms with van der Waals surface area (Å²) in [5.41, 5.74) is 1.72. The van der Waals surface area contributed by atoms with Crippen molar-refractivity contribution in [3.63, 3.8) is 0 Å². The van der Waals surface area contributed by atoms with Crippen LogP contribution in [0, 0.1) is 10.1 Å². The van der Waals surface area contributed by atoms with Crippen molar-refractivity contribution in [2.24, 2.45) is 0 Å². The second-order valence-electron chi connectivity index (χ2n) is 6.31. The fourth-order valence-corrected chi connectivity index (χ4v) is 3.45. The van der Waals surface area contributed by atoms with Crippen LogP contribution in [-0.2, 0) is 11.3 Å². The minimum absolute atomic E-state index is 0.0799. The molecule has 0 unspecified atom stereocenters. The highest BCUT2D eigenvalue weighted by molar-refractivity contribution is 9.10. The van der Waals surface area contributed by atoms with E-state index in [1.54, 1.807) is 29.0 Å². The van der Waals surface area contributed by atoms with Crippen LogP contribution >= 0.6 is 15.9 Å². The molecule has 8 heteroatoms. The van der Waals surface area contributed by atoms with E-state index in [1.165, 1.54) is 6.07 Å². The van der Waals surface area contributed by atoms with Gasteiger partial charge in [-0.25, -0.2) is 0 Å². The first-order valence-corrected chi connectivity index (χ1v) is 9.36. The van der Waals surface area contributed by atoms with Gasteiger partial charge in [0.1, 0.15) is 5.69 Å². The molecular formula is C19H20BrN3O4. The van der Waals surface area contributed by atoms with Crippen LogP contribution in [0.1, 0.15) is 15.9 Å². The number of nitro benzene ring substituents is 1. The van der Waals surface area contributed by atoms with Crippen LogP contribution in [0.4, 0.5) is 11.4 Å². The molecular weight excluding hydrogens is 414 g/mol. The van der Waals surface area contributed by atoms with E-state index in [9.17, 15) is 14.9 Å². The highest BCUT2D eigenvalue weighted by atomic mass is 79.9. The van der Waals surface area contributed by atoms with E-state index in [-0.39, 0.29) is 11.6 Å². The molecule has 0 bridgehead atoms. The SMILES string of the molecule is CN(Cc1ccccc1Br)c1ccc(C(=O)N2CCOCC2)cc1[N+](=O)[O-]. The number of amides is 1. The van der Waals surface area contributed by atoms with E-state index in [2.05, 4.69) is 15.9 Å². The Bertz CT molecular complexity index is 853. The van der Waals surface area contributed by atoms with E-state index in [1.807, 2.05) is 24.3 Å². The number of anilines is 1. The van der Waals surface area contributed by atoms with Gasteiger partial charge in [-0.15, -0.1) is 0 Å². The standard InChI is InChI=1S/C19H20BrN3O4/c1-21(13-15-4-2-3-5-16(15)20)17-7-6-14(12-18(17)23(25)26)19(24)22-8-10-27-11-9-22/h2-7,12H,8-11,13H2,1H3. The first kappa shape index (κ1) is 19.3. The zero-order chi connectivity index (χ0) is 19.4. The van der Waals surface area contributed by atoms with E-state index >= 15 is 0 Å². The molecule has 2 aromatic carbocycles. The first-order valence-electron chi connectivity index (χ1n) is 8.57. The normalized spacial score (nSPS) is 14.1. The maximum atomic E-state index is 12.6. The molecule has 1 fully saturated rings. The fourth-order valence-electron chi connectivity index (χ4n) is 3.04. The molecule has 1 aliphatic rings. The Labute approximate surface area is 165 Å². The van der Waals surface area contributed by atoms with E-state index in [4.69, 9.17) is 4.74 Å². The second kappa shape index (κ2) is 8.49. The molecule has 3 rings (SSSR count). The van der Waals surface area contributed by atoms with Crippen LogP contribution < -0.4 is 4.90 Å². The Kier molecular flexibility index (Phi) is 6.08. The van der Waals surface area contributed by atoms with Gasteiger partial charge in [0.15, 0.2) is 0 Å². The number of rotatable bonds is 5. The zero-order valence-electron chi connectivity index (χ0n) is 14.9. The minimum Gasteiger partial charge on any atom is -0.378 e. The Morgan fingerprint density at radius 3 is 2.63 bits per heavy atom. The van der Waals surface area contributed by atoms with Gasteiger partial charge in [-0.3, -0.25) is 14.9 Å². The van der Waals surface area contributed by atoms with Gasteiger partial charge in [-0.2, -0.15) is 0 Å². The van der Waals surface area contributed by atoms with Gasteiger partial charge in [0, 0.05) is 42.8 Å². The minimum atomic E-state index is -0.442. The molecule has 0 spiro atoms. The average Bonchev–Trinajstić information content (AvgIpc) is 2.69. The van der Waals surface area contributed by atoms with Crippen LogP contribution in [0.5, 0.6) is 0 Å². The number of nitro groups is 1. The molecule has 0 aromatic heterocycles. The summed E-state index contributed by atoms with van der Waals surface area (Å²) < 4.78 is 6.20. The molecule has 27 heavy (non-hydrogen) atoms. The number of benzene rings is 2. The van der Waals surface area contributed by atoms with Gasteiger partial charge < -0.3 is 14.5 Å². The summed E-state index contributed by atoms with van der Waals surface area (Å²) in [5, 5.41) is 11.6. The Balaban J connectivity index is 1.86. The zero-order valence-corrected chi connectivity index (χ0v) is 16.5. The molecule has 0 atom stereocenters. The Morgan fingerprint density at radius 2 is 1.96 bits per heavy atom. The maximum absolute atomic E-state index is 12.6. The number of carbonyl (C=O) groups excluding carboxylic acids is 1. The van der Waals surface area contributed by atoms with Gasteiger partial charge in [0.2, 0.25) is 0 Å². The fraction of sp³-hybridized carbons (Fsp3) is 0.316. The Morgan fingerprint density at radius 1 is 1.26 bits per heavy atom. The molecule has 0 aliphatic carbocycles. The molecule has 0 saturated carbocycles. The molecule has 1 amide bonds. The molecule has 1 saturated heterocycles. The van der Waals surface area contributed by atoms with Crippen LogP contribution in [0.3, 0.4) is 0 Å². The lowest BCUT2D eigenvalue weighted by atomic mass is 10.1. The number of halogens is 1. The van der Waals surface area contributed by atoms with Gasteiger partial charge >= 0.3 is 0 Å². The molecule has 1 aliphatic heterocycles. The number of carbonyl (C=O) groups is 1. The monoisotopic (exact) mass is 433 g/mol. The highest BCUT2D eigenvalue weighted by Crippen LogP contribution is 2.31. The molecule has 0 N–H and O–H groups in total. The van der Waals surface area contributed by atoms with Crippen LogP contribution in [0.2, 0.25) is 0 Å². The van der Waals surface area contributed by atoms with E-state index < -0.39 is 4.92 Å². The largest absolute Gasteiger partial charge is 0.378 e. The lowest BCUT2D eigenvalue weighted by molar-refractivity contribution is -0.384. The van der Waals surface area contributed by atoms with Crippen molar-refractivity contribution in [2.75, 3.05) is 38.3 Å². The summed E-state index contributed by atoms with van der Waals surface area (Å²) in [7, 11) is 1.80. The first-order chi connectivity index (χ1) is 13.0. The second-order valence-corrected chi connectivity index (χ2v) is 7.17. The predicted molar refractivity (Wildman–Crippen MR) is 106 cm³/mol. The van der Waals surface area contributed by atoms with Crippen molar-refractivity contribution in [1.82, 2.24) is 4.90 Å². The number of morpholine rings is 1. The summed E-state index contributed by atoms with van der Waals surface area (Å²) in [4.78, 5) is 27.3. The van der Waals surface area contributed by atoms with Crippen molar-refractivity contribution in [1.29, 1.82) is 0 Å². The molecule has 1 heterocycles. The summed E-state index contributed by atoms with van der Waals surface area (Å²) in [6, 6.07) is 12.4. The molecule has 7 nitrogen and oxygen atoms in total. The van der Waals surface area contributed by atoms with Crippen LogP contribution in [-0.4, -0.2) is 49.1 Å². The lowest BCUT2D eigenvalue weighted by Gasteiger charge is -2.27. The highest BCUT2D eigenvalue weighted by Gasteiger charge is 2.24. The quantitative estimate of drug-likeness (QED) is 0.532. The van der Waals surface area contributed by atoms with Crippen LogP contribution in [0.15, 0.2) is 46.9 Å². The third-order valence-corrected chi connectivity index (χ3v) is 5.27. The summed E-state index contributed by atoms with van der Waals surface area (Å²) in [6.07, 6.45) is 0. The van der Waals surface area contributed by atoms with Gasteiger partial charge in [0.05, 0.1) is 18.1 Å². The van der Waals surface area contributed by atoms with Gasteiger partial charge in [-0.1, -0.05) is 34.1 Å². The van der Waals surface area contributed by atoms with Crippen molar-refractivity contribution < 1.29 is 14.5 Å². The maximum Gasteiger partial charge on any atom is 0.293 e. The van der Waals surface area contributed by atoms with Crippen molar-refractivity contribution >= 4 is 33.2 Å². The van der Waals surface area contributed by atoms with Crippen molar-refractivity contribution in [3.8, 4) is 0 Å². The third-order valence-electron chi connectivity index (χ3n) is 4.49. The van der Waals surface area contributed by atoms with E-state index in [0.29, 0.717) is 44.1 Å². The van der Waals surface area contributed by atoms with E-state index in [0.717, 1.165) is 10.0 Å². The van der Waals surface area contributed by atoms with Crippen LogP contribution in [0.25, 0.3) is 0 Å². The number of hydrogen-bond donors (Lipinski definition) is 0. The lowest BCUT2D eigenvalue weighted by Crippen LogP contribution is -2.40. The third kappa shape index (κ3) is 4.45. The molecule has 2 aromatic rings. The molecule has 142 valence electrons. The number of nitrogens with zero attached hydrogens (tertiary/aromatic N) is 3. The van der Waals surface area contributed by atoms with Crippen molar-refractivity contribution in [2.45, 2.75) is 6.54 Å². The number of ether oxygens (including phenoxy) is 1. The summed E-state index contributed by atoms with van der Waals surface area (Å²) >= 11 is 3.50. The predicted octanol–water partition coefficient (Wildman–Crippen LogP) is 3.47. The Hall–Kier alpha value is -2.45. The average molecular weight is 434 g/mol. The van der Waals surface area contributed by atoms with Gasteiger partial charge in [0.25, 0.3) is 11.6 Å². The van der Waals surface area contributed by atoms with Gasteiger partial charge in [-0.05, 0) is 23.8 Å². The summed E-state index contributed by atoms with van der Waals surface area (Å²) in [6.45, 7) is 2.47. The van der Waals surface area contributed by atoms with Crippen molar-refractivity contribution in [3.05, 3.63) is 68.2 Å².